The van der Waals surface area contributed by atoms with E-state index >= 15 is 0 Å². The van der Waals surface area contributed by atoms with E-state index in [0.29, 0.717) is 11.3 Å². The second-order valence-electron chi connectivity index (χ2n) is 7.79. The Kier molecular flexibility index (Phi) is 5.26. The van der Waals surface area contributed by atoms with Gasteiger partial charge in [0.1, 0.15) is 5.69 Å². The molecule has 4 rings (SSSR count). The van der Waals surface area contributed by atoms with Gasteiger partial charge in [0.25, 0.3) is 0 Å². The van der Waals surface area contributed by atoms with Crippen molar-refractivity contribution in [2.24, 2.45) is 5.92 Å². The summed E-state index contributed by atoms with van der Waals surface area (Å²) in [4.78, 5) is 17.4. The van der Waals surface area contributed by atoms with Gasteiger partial charge in [0.05, 0.1) is 5.69 Å². The van der Waals surface area contributed by atoms with Crippen molar-refractivity contribution in [1.29, 1.82) is 0 Å². The summed E-state index contributed by atoms with van der Waals surface area (Å²) in [7, 11) is 0. The average Bonchev–Trinajstić information content (AvgIpc) is 3.17. The van der Waals surface area contributed by atoms with Crippen LogP contribution in [0.1, 0.15) is 40.5 Å². The van der Waals surface area contributed by atoms with Crippen LogP contribution >= 0.6 is 0 Å². The Bertz CT molecular complexity index is 1160. The highest BCUT2D eigenvalue weighted by atomic mass is 16.1. The predicted molar refractivity (Wildman–Crippen MR) is 116 cm³/mol. The lowest BCUT2D eigenvalue weighted by Gasteiger charge is -2.09. The Balaban J connectivity index is 1.56. The normalized spacial score (nSPS) is 12.2. The molecule has 0 aliphatic rings. The van der Waals surface area contributed by atoms with Crippen molar-refractivity contribution in [3.63, 3.8) is 0 Å². The lowest BCUT2D eigenvalue weighted by atomic mass is 9.95. The first-order valence-corrected chi connectivity index (χ1v) is 10.0. The molecule has 0 bridgehead atoms. The maximum atomic E-state index is 13.0. The maximum Gasteiger partial charge on any atom is 0.185 e. The highest BCUT2D eigenvalue weighted by Crippen LogP contribution is 2.22. The maximum absolute atomic E-state index is 13.0. The molecule has 0 amide bonds. The van der Waals surface area contributed by atoms with Crippen LogP contribution < -0.4 is 0 Å². The molecular weight excluding hydrogens is 358 g/mol. The van der Waals surface area contributed by atoms with E-state index in [4.69, 9.17) is 0 Å². The minimum absolute atomic E-state index is 0.0674. The van der Waals surface area contributed by atoms with Crippen LogP contribution in [0.3, 0.4) is 0 Å². The number of benzene rings is 2. The molecule has 2 aromatic carbocycles. The van der Waals surface area contributed by atoms with Gasteiger partial charge in [-0.05, 0) is 44.4 Å². The van der Waals surface area contributed by atoms with Gasteiger partial charge >= 0.3 is 0 Å². The van der Waals surface area contributed by atoms with E-state index in [1.807, 2.05) is 19.1 Å². The molecule has 0 N–H and O–H groups in total. The zero-order chi connectivity index (χ0) is 20.4. The topological polar surface area (TPSA) is 47.3 Å². The molecule has 0 radical (unpaired) electrons. The lowest BCUT2D eigenvalue weighted by Crippen LogP contribution is -2.13. The minimum atomic E-state index is -0.0939. The second kappa shape index (κ2) is 8.00. The molecule has 29 heavy (non-hydrogen) atoms. The number of hydrogen-bond donors (Lipinski definition) is 0. The standard InChI is InChI=1S/C25H25N3O/c1-17-7-10-20(11-8-17)12-9-19(3)25(29)22-16-24-26-14-13-23(28(24)27-22)21-6-4-5-18(2)15-21/h4-8,10-11,13-16,19H,9,12H2,1-3H3. The smallest absolute Gasteiger partial charge is 0.185 e. The number of carbonyl (C=O) groups excluding carboxylic acids is 1. The minimum Gasteiger partial charge on any atom is -0.292 e. The predicted octanol–water partition coefficient (Wildman–Crippen LogP) is 5.46. The molecule has 0 aliphatic heterocycles. The van der Waals surface area contributed by atoms with E-state index in [1.54, 1.807) is 16.8 Å². The van der Waals surface area contributed by atoms with Crippen LogP contribution in [0.15, 0.2) is 66.9 Å². The monoisotopic (exact) mass is 383 g/mol. The number of carbonyl (C=O) groups is 1. The fourth-order valence-electron chi connectivity index (χ4n) is 3.56. The van der Waals surface area contributed by atoms with Crippen LogP contribution in [0.2, 0.25) is 0 Å². The average molecular weight is 383 g/mol. The Hall–Kier alpha value is -3.27. The van der Waals surface area contributed by atoms with Gasteiger partial charge in [-0.15, -0.1) is 0 Å². The lowest BCUT2D eigenvalue weighted by molar-refractivity contribution is 0.0919. The van der Waals surface area contributed by atoms with Gasteiger partial charge in [-0.3, -0.25) is 4.79 Å². The summed E-state index contributed by atoms with van der Waals surface area (Å²) >= 11 is 0. The number of aromatic nitrogens is 3. The first-order valence-electron chi connectivity index (χ1n) is 10.0. The van der Waals surface area contributed by atoms with E-state index in [-0.39, 0.29) is 11.7 Å². The molecule has 146 valence electrons. The largest absolute Gasteiger partial charge is 0.292 e. The van der Waals surface area contributed by atoms with Gasteiger partial charge in [-0.2, -0.15) is 5.10 Å². The Morgan fingerprint density at radius 2 is 1.79 bits per heavy atom. The summed E-state index contributed by atoms with van der Waals surface area (Å²) in [6.07, 6.45) is 3.45. The third kappa shape index (κ3) is 4.11. The van der Waals surface area contributed by atoms with Crippen molar-refractivity contribution in [3.8, 4) is 11.3 Å². The van der Waals surface area contributed by atoms with E-state index in [9.17, 15) is 4.79 Å². The van der Waals surface area contributed by atoms with Crippen LogP contribution in [0, 0.1) is 19.8 Å². The highest BCUT2D eigenvalue weighted by Gasteiger charge is 2.20. The third-order valence-corrected chi connectivity index (χ3v) is 5.36. The molecule has 0 aliphatic carbocycles. The summed E-state index contributed by atoms with van der Waals surface area (Å²) in [6.45, 7) is 6.13. The molecule has 4 aromatic rings. The SMILES string of the molecule is Cc1ccc(CCC(C)C(=O)c2cc3nccc(-c4cccc(C)c4)n3n2)cc1. The van der Waals surface area contributed by atoms with Crippen molar-refractivity contribution in [1.82, 2.24) is 14.6 Å². The van der Waals surface area contributed by atoms with E-state index in [0.717, 1.165) is 24.1 Å². The van der Waals surface area contributed by atoms with E-state index in [2.05, 4.69) is 66.4 Å². The number of rotatable bonds is 6. The molecular formula is C25H25N3O. The quantitative estimate of drug-likeness (QED) is 0.415. The molecule has 2 aromatic heterocycles. The van der Waals surface area contributed by atoms with Crippen LogP contribution in [0.4, 0.5) is 0 Å². The molecule has 0 saturated heterocycles. The summed E-state index contributed by atoms with van der Waals surface area (Å²) in [5.74, 6) is -0.0264. The van der Waals surface area contributed by atoms with E-state index < -0.39 is 0 Å². The van der Waals surface area contributed by atoms with Crippen molar-refractivity contribution >= 4 is 11.4 Å². The zero-order valence-corrected chi connectivity index (χ0v) is 17.1. The van der Waals surface area contributed by atoms with Crippen molar-refractivity contribution in [3.05, 3.63) is 89.2 Å². The molecule has 1 atom stereocenters. The number of nitrogens with zero attached hydrogens (tertiary/aromatic N) is 3. The fraction of sp³-hybridized carbons (Fsp3) is 0.240. The van der Waals surface area contributed by atoms with Gasteiger partial charge in [0.2, 0.25) is 0 Å². The molecule has 1 unspecified atom stereocenters. The number of Topliss-reactive ketones (excluding diaryl/α,β-unsaturated/α-hetero) is 1. The van der Waals surface area contributed by atoms with E-state index in [1.165, 1.54) is 16.7 Å². The first kappa shape index (κ1) is 19.1. The van der Waals surface area contributed by atoms with Crippen molar-refractivity contribution in [2.75, 3.05) is 0 Å². The summed E-state index contributed by atoms with van der Waals surface area (Å²) in [5.41, 5.74) is 6.86. The molecule has 4 heteroatoms. The molecule has 4 nitrogen and oxygen atoms in total. The summed E-state index contributed by atoms with van der Waals surface area (Å²) in [6, 6.07) is 20.5. The number of hydrogen-bond acceptors (Lipinski definition) is 3. The van der Waals surface area contributed by atoms with Crippen LogP contribution in [-0.4, -0.2) is 20.4 Å². The number of aryl methyl sites for hydroxylation is 3. The molecule has 2 heterocycles. The van der Waals surface area contributed by atoms with Crippen molar-refractivity contribution < 1.29 is 4.79 Å². The highest BCUT2D eigenvalue weighted by molar-refractivity contribution is 5.96. The van der Waals surface area contributed by atoms with Gasteiger partial charge in [0.15, 0.2) is 11.4 Å². The zero-order valence-electron chi connectivity index (χ0n) is 17.1. The summed E-state index contributed by atoms with van der Waals surface area (Å²) in [5, 5.41) is 4.61. The Morgan fingerprint density at radius 3 is 2.55 bits per heavy atom. The van der Waals surface area contributed by atoms with Gasteiger partial charge in [-0.25, -0.2) is 9.50 Å². The Labute approximate surface area is 171 Å². The van der Waals surface area contributed by atoms with Crippen molar-refractivity contribution in [2.45, 2.75) is 33.6 Å². The Morgan fingerprint density at radius 1 is 1.00 bits per heavy atom. The second-order valence-corrected chi connectivity index (χ2v) is 7.79. The van der Waals surface area contributed by atoms with Crippen LogP contribution in [-0.2, 0) is 6.42 Å². The van der Waals surface area contributed by atoms with Gasteiger partial charge < -0.3 is 0 Å². The van der Waals surface area contributed by atoms with Gasteiger partial charge in [0, 0.05) is 23.7 Å². The van der Waals surface area contributed by atoms with Gasteiger partial charge in [-0.1, -0.05) is 60.5 Å². The third-order valence-electron chi connectivity index (χ3n) is 5.36. The first-order chi connectivity index (χ1) is 14.0. The number of ketones is 1. The molecule has 0 spiro atoms. The van der Waals surface area contributed by atoms with Crippen LogP contribution in [0.5, 0.6) is 0 Å². The molecule has 0 saturated carbocycles. The molecule has 0 fully saturated rings. The number of fused-ring (bicyclic) bond motifs is 1. The summed E-state index contributed by atoms with van der Waals surface area (Å²) < 4.78 is 1.77. The van der Waals surface area contributed by atoms with Crippen LogP contribution in [0.25, 0.3) is 16.9 Å². The fourth-order valence-corrected chi connectivity index (χ4v) is 3.56.